The summed E-state index contributed by atoms with van der Waals surface area (Å²) < 4.78 is 52.4. The number of carbonyl (C=O) groups excluding carboxylic acids is 1. The Bertz CT molecular complexity index is 844. The van der Waals surface area contributed by atoms with E-state index in [2.05, 4.69) is 5.32 Å². The number of benzene rings is 2. The molecule has 0 saturated carbocycles. The maximum absolute atomic E-state index is 12.2. The zero-order valence-electron chi connectivity index (χ0n) is 18.8. The third-order valence-corrected chi connectivity index (χ3v) is 4.24. The van der Waals surface area contributed by atoms with E-state index in [0.717, 1.165) is 11.1 Å². The molecule has 32 heavy (non-hydrogen) atoms. The molecule has 2 aromatic carbocycles. The molecule has 1 atom stereocenters. The molecule has 1 amide bonds. The van der Waals surface area contributed by atoms with Gasteiger partial charge in [0, 0.05) is 12.1 Å². The number of amides is 1. The number of halogens is 3. The van der Waals surface area contributed by atoms with Crippen LogP contribution in [0.4, 0.5) is 23.7 Å². The summed E-state index contributed by atoms with van der Waals surface area (Å²) in [5.74, 6) is 0.681. The Labute approximate surface area is 186 Å². The van der Waals surface area contributed by atoms with Crippen molar-refractivity contribution in [3.63, 3.8) is 0 Å². The van der Waals surface area contributed by atoms with Crippen LogP contribution >= 0.6 is 0 Å². The predicted octanol–water partition coefficient (Wildman–Crippen LogP) is 6.17. The van der Waals surface area contributed by atoms with E-state index in [9.17, 15) is 18.0 Å². The van der Waals surface area contributed by atoms with Crippen molar-refractivity contribution < 1.29 is 32.2 Å². The standard InChI is InChI=1S/C24H30F3NO4/c1-17(31-16-24(25,26)27)15-19-7-11-21(12-8-19)30-14-13-18-5-9-20(10-6-18)28-22(29)32-23(2,3)4/h5-12,17H,13-16H2,1-4H3,(H,28,29). The summed E-state index contributed by atoms with van der Waals surface area (Å²) in [5.41, 5.74) is 2.01. The monoisotopic (exact) mass is 453 g/mol. The summed E-state index contributed by atoms with van der Waals surface area (Å²) in [5, 5.41) is 2.68. The second-order valence-corrected chi connectivity index (χ2v) is 8.51. The molecule has 1 N–H and O–H groups in total. The van der Waals surface area contributed by atoms with Gasteiger partial charge in [0.2, 0.25) is 0 Å². The van der Waals surface area contributed by atoms with E-state index >= 15 is 0 Å². The van der Waals surface area contributed by atoms with Crippen molar-refractivity contribution in [1.29, 1.82) is 0 Å². The molecule has 0 aliphatic heterocycles. The van der Waals surface area contributed by atoms with Gasteiger partial charge in [0.1, 0.15) is 18.0 Å². The molecule has 0 radical (unpaired) electrons. The third kappa shape index (κ3) is 10.5. The van der Waals surface area contributed by atoms with Crippen LogP contribution < -0.4 is 10.1 Å². The van der Waals surface area contributed by atoms with Gasteiger partial charge in [-0.15, -0.1) is 0 Å². The first kappa shape index (κ1) is 25.5. The van der Waals surface area contributed by atoms with Crippen molar-refractivity contribution in [3.05, 3.63) is 59.7 Å². The van der Waals surface area contributed by atoms with Gasteiger partial charge < -0.3 is 14.2 Å². The minimum absolute atomic E-state index is 0.389. The fraction of sp³-hybridized carbons (Fsp3) is 0.458. The zero-order chi connectivity index (χ0) is 23.8. The molecule has 176 valence electrons. The molecule has 2 aromatic rings. The van der Waals surface area contributed by atoms with E-state index in [1.807, 2.05) is 24.3 Å². The van der Waals surface area contributed by atoms with Crippen LogP contribution in [0.15, 0.2) is 48.5 Å². The second-order valence-electron chi connectivity index (χ2n) is 8.51. The molecule has 0 spiro atoms. The first-order chi connectivity index (χ1) is 14.9. The highest BCUT2D eigenvalue weighted by molar-refractivity contribution is 5.84. The Morgan fingerprint density at radius 2 is 1.56 bits per heavy atom. The van der Waals surface area contributed by atoms with Crippen LogP contribution in [0, 0.1) is 0 Å². The van der Waals surface area contributed by atoms with Gasteiger partial charge in [-0.1, -0.05) is 24.3 Å². The molecule has 0 fully saturated rings. The van der Waals surface area contributed by atoms with Gasteiger partial charge in [0.15, 0.2) is 0 Å². The maximum Gasteiger partial charge on any atom is 0.412 e. The third-order valence-electron chi connectivity index (χ3n) is 4.24. The summed E-state index contributed by atoms with van der Waals surface area (Å²) >= 11 is 0. The molecule has 2 rings (SSSR count). The molecular weight excluding hydrogens is 423 g/mol. The molecule has 0 aliphatic rings. The Kier molecular flexibility index (Phi) is 8.95. The number of hydrogen-bond donors (Lipinski definition) is 1. The molecule has 0 saturated heterocycles. The van der Waals surface area contributed by atoms with Crippen LogP contribution in [0.25, 0.3) is 0 Å². The van der Waals surface area contributed by atoms with Crippen molar-refractivity contribution >= 4 is 11.8 Å². The highest BCUT2D eigenvalue weighted by atomic mass is 19.4. The number of nitrogens with one attached hydrogen (secondary N) is 1. The van der Waals surface area contributed by atoms with E-state index in [4.69, 9.17) is 14.2 Å². The largest absolute Gasteiger partial charge is 0.493 e. The smallest absolute Gasteiger partial charge is 0.412 e. The maximum atomic E-state index is 12.2. The molecular formula is C24H30F3NO4. The lowest BCUT2D eigenvalue weighted by atomic mass is 10.1. The molecule has 0 aliphatic carbocycles. The minimum atomic E-state index is -4.32. The van der Waals surface area contributed by atoms with Gasteiger partial charge in [-0.25, -0.2) is 4.79 Å². The van der Waals surface area contributed by atoms with Crippen molar-refractivity contribution in [2.75, 3.05) is 18.5 Å². The van der Waals surface area contributed by atoms with Crippen LogP contribution in [0.1, 0.15) is 38.8 Å². The fourth-order valence-electron chi connectivity index (χ4n) is 2.81. The number of carbonyl (C=O) groups is 1. The second kappa shape index (κ2) is 11.2. The molecule has 1 unspecified atom stereocenters. The van der Waals surface area contributed by atoms with Crippen molar-refractivity contribution in [2.45, 2.75) is 58.4 Å². The lowest BCUT2D eigenvalue weighted by Crippen LogP contribution is -2.27. The number of alkyl halides is 3. The summed E-state index contributed by atoms with van der Waals surface area (Å²) in [4.78, 5) is 11.8. The number of anilines is 1. The SMILES string of the molecule is CC(Cc1ccc(OCCc2ccc(NC(=O)OC(C)(C)C)cc2)cc1)OCC(F)(F)F. The van der Waals surface area contributed by atoms with E-state index in [1.54, 1.807) is 52.0 Å². The number of ether oxygens (including phenoxy) is 3. The topological polar surface area (TPSA) is 56.8 Å². The summed E-state index contributed by atoms with van der Waals surface area (Å²) in [7, 11) is 0. The van der Waals surface area contributed by atoms with Crippen LogP contribution in [-0.4, -0.2) is 37.2 Å². The van der Waals surface area contributed by atoms with Crippen molar-refractivity contribution in [3.8, 4) is 5.75 Å². The molecule has 0 heterocycles. The van der Waals surface area contributed by atoms with Crippen molar-refractivity contribution in [1.82, 2.24) is 0 Å². The molecule has 0 bridgehead atoms. The first-order valence-corrected chi connectivity index (χ1v) is 10.4. The van der Waals surface area contributed by atoms with Crippen LogP contribution in [0.2, 0.25) is 0 Å². The van der Waals surface area contributed by atoms with Gasteiger partial charge in [-0.3, -0.25) is 5.32 Å². The van der Waals surface area contributed by atoms with E-state index in [1.165, 1.54) is 0 Å². The molecule has 8 heteroatoms. The minimum Gasteiger partial charge on any atom is -0.493 e. The van der Waals surface area contributed by atoms with Crippen LogP contribution in [-0.2, 0) is 22.3 Å². The van der Waals surface area contributed by atoms with Gasteiger partial charge >= 0.3 is 12.3 Å². The van der Waals surface area contributed by atoms with Gasteiger partial charge in [-0.2, -0.15) is 13.2 Å². The van der Waals surface area contributed by atoms with E-state index in [-0.39, 0.29) is 0 Å². The Morgan fingerprint density at radius 3 is 2.12 bits per heavy atom. The highest BCUT2D eigenvalue weighted by Crippen LogP contribution is 2.19. The lowest BCUT2D eigenvalue weighted by molar-refractivity contribution is -0.183. The first-order valence-electron chi connectivity index (χ1n) is 10.4. The van der Waals surface area contributed by atoms with E-state index in [0.29, 0.717) is 30.9 Å². The number of rotatable bonds is 9. The molecule has 0 aromatic heterocycles. The number of hydrogen-bond acceptors (Lipinski definition) is 4. The van der Waals surface area contributed by atoms with Gasteiger partial charge in [-0.05, 0) is 69.5 Å². The van der Waals surface area contributed by atoms with Crippen LogP contribution in [0.3, 0.4) is 0 Å². The Balaban J connectivity index is 1.73. The predicted molar refractivity (Wildman–Crippen MR) is 117 cm³/mol. The summed E-state index contributed by atoms with van der Waals surface area (Å²) in [6.45, 7) is 6.24. The fourth-order valence-corrected chi connectivity index (χ4v) is 2.81. The Morgan fingerprint density at radius 1 is 0.969 bits per heavy atom. The Hall–Kier alpha value is -2.74. The van der Waals surface area contributed by atoms with Gasteiger partial charge in [0.25, 0.3) is 0 Å². The van der Waals surface area contributed by atoms with E-state index < -0.39 is 30.6 Å². The lowest BCUT2D eigenvalue weighted by Gasteiger charge is -2.19. The average molecular weight is 454 g/mol. The van der Waals surface area contributed by atoms with Crippen molar-refractivity contribution in [2.24, 2.45) is 0 Å². The zero-order valence-corrected chi connectivity index (χ0v) is 18.8. The summed E-state index contributed by atoms with van der Waals surface area (Å²) in [6.07, 6.45) is -4.29. The van der Waals surface area contributed by atoms with Gasteiger partial charge in [0.05, 0.1) is 12.7 Å². The molecule has 5 nitrogen and oxygen atoms in total. The normalized spacial score (nSPS) is 12.8. The highest BCUT2D eigenvalue weighted by Gasteiger charge is 2.28. The quantitative estimate of drug-likeness (QED) is 0.494. The van der Waals surface area contributed by atoms with Crippen LogP contribution in [0.5, 0.6) is 5.75 Å². The average Bonchev–Trinajstić information content (AvgIpc) is 2.67. The summed E-state index contributed by atoms with van der Waals surface area (Å²) in [6, 6.07) is 14.6.